The van der Waals surface area contributed by atoms with Crippen LogP contribution in [0.1, 0.15) is 24.3 Å². The van der Waals surface area contributed by atoms with Crippen molar-refractivity contribution in [1.29, 1.82) is 5.26 Å². The normalized spacial score (nSPS) is 15.8. The summed E-state index contributed by atoms with van der Waals surface area (Å²) in [7, 11) is 2.06. The fraction of sp³-hybridized carbons (Fsp3) is 0.400. The number of carboxylic acids is 1. The third-order valence-electron chi connectivity index (χ3n) is 5.16. The Morgan fingerprint density at radius 1 is 1.27 bits per heavy atom. The average molecular weight is 463 g/mol. The van der Waals surface area contributed by atoms with Crippen LogP contribution in [0.15, 0.2) is 41.4 Å². The molecule has 174 valence electrons. The lowest BCUT2D eigenvalue weighted by Crippen LogP contribution is -2.40. The van der Waals surface area contributed by atoms with Crippen LogP contribution < -0.4 is 0 Å². The fourth-order valence-corrected chi connectivity index (χ4v) is 3.17. The van der Waals surface area contributed by atoms with E-state index in [1.54, 1.807) is 11.0 Å². The van der Waals surface area contributed by atoms with Crippen LogP contribution in [0.5, 0.6) is 0 Å². The molecule has 3 heterocycles. The molecule has 13 heteroatoms. The molecule has 0 unspecified atom stereocenters. The summed E-state index contributed by atoms with van der Waals surface area (Å²) >= 11 is 0. The highest BCUT2D eigenvalue weighted by Crippen LogP contribution is 2.34. The van der Waals surface area contributed by atoms with Gasteiger partial charge in [-0.2, -0.15) is 28.5 Å². The highest BCUT2D eigenvalue weighted by atomic mass is 19.4. The zero-order valence-corrected chi connectivity index (χ0v) is 17.5. The summed E-state index contributed by atoms with van der Waals surface area (Å²) in [5.74, 6) is -1.82. The number of carbonyl (C=O) groups is 1. The topological polar surface area (TPSA) is 134 Å². The van der Waals surface area contributed by atoms with Gasteiger partial charge in [0.2, 0.25) is 11.7 Å². The number of hydrogen-bond acceptors (Lipinski definition) is 8. The van der Waals surface area contributed by atoms with Crippen molar-refractivity contribution < 1.29 is 27.6 Å². The minimum atomic E-state index is -5.08. The number of nitriles is 1. The number of benzene rings is 1. The molecule has 1 aromatic carbocycles. The van der Waals surface area contributed by atoms with Crippen LogP contribution >= 0.6 is 0 Å². The van der Waals surface area contributed by atoms with Gasteiger partial charge in [-0.25, -0.2) is 14.5 Å². The van der Waals surface area contributed by atoms with E-state index in [0.29, 0.717) is 31.1 Å². The lowest BCUT2D eigenvalue weighted by molar-refractivity contribution is -0.192. The molecule has 0 saturated carbocycles. The van der Waals surface area contributed by atoms with Crippen molar-refractivity contribution >= 4 is 5.97 Å². The zero-order chi connectivity index (χ0) is 24.1. The number of aromatic nitrogens is 5. The molecular weight excluding hydrogens is 443 g/mol. The number of halogens is 3. The first-order chi connectivity index (χ1) is 15.6. The van der Waals surface area contributed by atoms with Crippen molar-refractivity contribution in [2.75, 3.05) is 20.1 Å². The number of nitrogens with zero attached hydrogens (tertiary/aromatic N) is 7. The predicted molar refractivity (Wildman–Crippen MR) is 107 cm³/mol. The summed E-state index contributed by atoms with van der Waals surface area (Å²) in [6.45, 7) is 2.35. The molecule has 0 radical (unpaired) electrons. The number of aliphatic carboxylic acids is 1. The Hall–Kier alpha value is -3.79. The van der Waals surface area contributed by atoms with Gasteiger partial charge in [0, 0.05) is 5.56 Å². The second-order valence-electron chi connectivity index (χ2n) is 7.51. The van der Waals surface area contributed by atoms with Crippen molar-refractivity contribution in [1.82, 2.24) is 29.8 Å². The molecule has 1 saturated heterocycles. The van der Waals surface area contributed by atoms with Crippen molar-refractivity contribution in [3.8, 4) is 17.5 Å². The Morgan fingerprint density at radius 3 is 2.42 bits per heavy atom. The van der Waals surface area contributed by atoms with Crippen LogP contribution in [0, 0.1) is 11.3 Å². The van der Waals surface area contributed by atoms with E-state index in [1.807, 2.05) is 24.3 Å². The predicted octanol–water partition coefficient (Wildman–Crippen LogP) is 2.50. The molecule has 3 aromatic rings. The molecule has 0 bridgehead atoms. The molecule has 0 amide bonds. The van der Waals surface area contributed by atoms with Crippen LogP contribution in [-0.2, 0) is 16.8 Å². The standard InChI is InChI=1S/C18H19N7O.C2HF3O2/c1-24-8-6-18(11-19,7-9-24)17-22-16(23-26-17)15-4-2-14(3-5-15)10-25-13-20-12-21-25;3-2(4,5)1(6)7/h2-5,12-13H,6-10H2,1H3;(H,6,7). The van der Waals surface area contributed by atoms with Crippen LogP contribution in [0.2, 0.25) is 0 Å². The van der Waals surface area contributed by atoms with Crippen molar-refractivity contribution in [3.63, 3.8) is 0 Å². The molecule has 10 nitrogen and oxygen atoms in total. The molecule has 1 N–H and O–H groups in total. The average Bonchev–Trinajstić information content (AvgIpc) is 3.48. The van der Waals surface area contributed by atoms with E-state index >= 15 is 0 Å². The van der Waals surface area contributed by atoms with Gasteiger partial charge in [0.15, 0.2) is 0 Å². The van der Waals surface area contributed by atoms with Gasteiger partial charge >= 0.3 is 12.1 Å². The molecule has 0 spiro atoms. The minimum absolute atomic E-state index is 0.426. The number of carboxylic acid groups (broad SMARTS) is 1. The largest absolute Gasteiger partial charge is 0.490 e. The number of likely N-dealkylation sites (tertiary alicyclic amines) is 1. The molecule has 0 aliphatic carbocycles. The highest BCUT2D eigenvalue weighted by molar-refractivity contribution is 5.73. The first-order valence-corrected chi connectivity index (χ1v) is 9.79. The van der Waals surface area contributed by atoms with E-state index in [0.717, 1.165) is 24.2 Å². The van der Waals surface area contributed by atoms with E-state index in [9.17, 15) is 18.4 Å². The van der Waals surface area contributed by atoms with Crippen molar-refractivity contribution in [2.24, 2.45) is 0 Å². The SMILES string of the molecule is CN1CCC(C#N)(c2nc(-c3ccc(Cn4cncn4)cc3)no2)CC1.O=C(O)C(F)(F)F. The Bertz CT molecular complexity index is 1100. The zero-order valence-electron chi connectivity index (χ0n) is 17.5. The first-order valence-electron chi connectivity index (χ1n) is 9.79. The maximum absolute atomic E-state index is 10.6. The Balaban J connectivity index is 0.000000383. The second kappa shape index (κ2) is 9.78. The smallest absolute Gasteiger partial charge is 0.475 e. The van der Waals surface area contributed by atoms with Gasteiger partial charge < -0.3 is 14.5 Å². The number of hydrogen-bond donors (Lipinski definition) is 1. The van der Waals surface area contributed by atoms with E-state index < -0.39 is 17.6 Å². The fourth-order valence-electron chi connectivity index (χ4n) is 3.17. The van der Waals surface area contributed by atoms with Crippen LogP contribution in [0.25, 0.3) is 11.4 Å². The van der Waals surface area contributed by atoms with Crippen LogP contribution in [0.4, 0.5) is 13.2 Å². The van der Waals surface area contributed by atoms with Crippen LogP contribution in [-0.4, -0.2) is 67.2 Å². The summed E-state index contributed by atoms with van der Waals surface area (Å²) in [6, 6.07) is 10.3. The summed E-state index contributed by atoms with van der Waals surface area (Å²) in [5.41, 5.74) is 1.29. The van der Waals surface area contributed by atoms with Crippen molar-refractivity contribution in [2.45, 2.75) is 31.0 Å². The number of alkyl halides is 3. The summed E-state index contributed by atoms with van der Waals surface area (Å²) in [6.07, 6.45) is -0.470. The van der Waals surface area contributed by atoms with E-state index in [-0.39, 0.29) is 0 Å². The van der Waals surface area contributed by atoms with Gasteiger partial charge in [0.05, 0.1) is 12.6 Å². The Morgan fingerprint density at radius 2 is 1.91 bits per heavy atom. The molecule has 1 aliphatic heterocycles. The molecule has 1 fully saturated rings. The minimum Gasteiger partial charge on any atom is -0.475 e. The lowest BCUT2D eigenvalue weighted by Gasteiger charge is -2.32. The Labute approximate surface area is 186 Å². The van der Waals surface area contributed by atoms with Gasteiger partial charge in [-0.1, -0.05) is 29.4 Å². The van der Waals surface area contributed by atoms with Gasteiger partial charge in [-0.15, -0.1) is 0 Å². The third kappa shape index (κ3) is 5.92. The van der Waals surface area contributed by atoms with Gasteiger partial charge in [0.25, 0.3) is 0 Å². The van der Waals surface area contributed by atoms with Gasteiger partial charge in [0.1, 0.15) is 18.1 Å². The van der Waals surface area contributed by atoms with E-state index in [2.05, 4.69) is 38.2 Å². The van der Waals surface area contributed by atoms with E-state index in [4.69, 9.17) is 14.4 Å². The molecule has 4 rings (SSSR count). The van der Waals surface area contributed by atoms with E-state index in [1.165, 1.54) is 6.33 Å². The quantitative estimate of drug-likeness (QED) is 0.619. The monoisotopic (exact) mass is 463 g/mol. The molecule has 2 aromatic heterocycles. The first kappa shape index (κ1) is 23.9. The lowest BCUT2D eigenvalue weighted by atomic mass is 9.80. The summed E-state index contributed by atoms with van der Waals surface area (Å²) < 4.78 is 39.0. The third-order valence-corrected chi connectivity index (χ3v) is 5.16. The number of piperidine rings is 1. The maximum atomic E-state index is 10.6. The molecule has 0 atom stereocenters. The molecular formula is C20H20F3N7O3. The summed E-state index contributed by atoms with van der Waals surface area (Å²) in [4.78, 5) is 19.6. The van der Waals surface area contributed by atoms with Crippen LogP contribution in [0.3, 0.4) is 0 Å². The summed E-state index contributed by atoms with van der Waals surface area (Å²) in [5, 5.41) is 25.0. The number of rotatable bonds is 4. The maximum Gasteiger partial charge on any atom is 0.490 e. The second-order valence-corrected chi connectivity index (χ2v) is 7.51. The van der Waals surface area contributed by atoms with Gasteiger partial charge in [-0.05, 0) is 38.5 Å². The Kier molecular flexibility index (Phi) is 7.07. The highest BCUT2D eigenvalue weighted by Gasteiger charge is 2.41. The molecule has 33 heavy (non-hydrogen) atoms. The van der Waals surface area contributed by atoms with Crippen molar-refractivity contribution in [3.05, 3.63) is 48.4 Å². The van der Waals surface area contributed by atoms with Gasteiger partial charge in [-0.3, -0.25) is 0 Å². The molecule has 1 aliphatic rings.